The molecule has 88 valence electrons. The Labute approximate surface area is 93.7 Å². The van der Waals surface area contributed by atoms with Crippen LogP contribution in [0.15, 0.2) is 36.4 Å². The van der Waals surface area contributed by atoms with Crippen LogP contribution in [0.2, 0.25) is 0 Å². The fourth-order valence-electron chi connectivity index (χ4n) is 1.73. The van der Waals surface area contributed by atoms with Crippen LogP contribution in [-0.2, 0) is 6.18 Å². The normalized spacial score (nSPS) is 11.8. The monoisotopic (exact) mass is 242 g/mol. The number of hydrogen-bond donors (Lipinski definition) is 0. The van der Waals surface area contributed by atoms with Crippen LogP contribution < -0.4 is 0 Å². The van der Waals surface area contributed by atoms with Gasteiger partial charge in [-0.15, -0.1) is 0 Å². The van der Waals surface area contributed by atoms with Gasteiger partial charge < -0.3 is 0 Å². The Balaban J connectivity index is 2.84. The van der Waals surface area contributed by atoms with Crippen LogP contribution in [0, 0.1) is 0 Å². The largest absolute Gasteiger partial charge is 0.417 e. The summed E-state index contributed by atoms with van der Waals surface area (Å²) in [6.45, 7) is 0. The van der Waals surface area contributed by atoms with Gasteiger partial charge in [0.15, 0.2) is 0 Å². The molecule has 0 spiro atoms. The lowest BCUT2D eigenvalue weighted by atomic mass is 10.00. The van der Waals surface area contributed by atoms with Crippen molar-refractivity contribution in [2.75, 3.05) is 0 Å². The first-order valence-electron chi connectivity index (χ1n) is 4.70. The van der Waals surface area contributed by atoms with Crippen molar-refractivity contribution in [1.82, 2.24) is 0 Å². The van der Waals surface area contributed by atoms with Gasteiger partial charge in [0.25, 0.3) is 0 Å². The SMILES string of the molecule is O=C(F)c1cccc2c(C(F)(F)F)cccc12. The highest BCUT2D eigenvalue weighted by atomic mass is 19.4. The predicted molar refractivity (Wildman–Crippen MR) is 54.4 cm³/mol. The van der Waals surface area contributed by atoms with Crippen molar-refractivity contribution >= 4 is 16.8 Å². The van der Waals surface area contributed by atoms with E-state index in [0.29, 0.717) is 0 Å². The van der Waals surface area contributed by atoms with Gasteiger partial charge in [0.1, 0.15) is 0 Å². The van der Waals surface area contributed by atoms with Gasteiger partial charge in [0.05, 0.1) is 11.1 Å². The lowest BCUT2D eigenvalue weighted by Crippen LogP contribution is -2.06. The van der Waals surface area contributed by atoms with Crippen molar-refractivity contribution in [3.63, 3.8) is 0 Å². The van der Waals surface area contributed by atoms with E-state index in [9.17, 15) is 22.4 Å². The molecule has 0 saturated heterocycles. The highest BCUT2D eigenvalue weighted by molar-refractivity contribution is 6.04. The molecule has 0 radical (unpaired) electrons. The van der Waals surface area contributed by atoms with Crippen LogP contribution in [0.5, 0.6) is 0 Å². The van der Waals surface area contributed by atoms with Gasteiger partial charge in [0, 0.05) is 0 Å². The second-order valence-electron chi connectivity index (χ2n) is 3.48. The quantitative estimate of drug-likeness (QED) is 0.546. The fraction of sp³-hybridized carbons (Fsp3) is 0.0833. The molecule has 5 heteroatoms. The summed E-state index contributed by atoms with van der Waals surface area (Å²) in [6.07, 6.45) is -4.53. The zero-order chi connectivity index (χ0) is 12.6. The zero-order valence-corrected chi connectivity index (χ0v) is 8.38. The molecule has 0 saturated carbocycles. The van der Waals surface area contributed by atoms with Crippen molar-refractivity contribution in [2.45, 2.75) is 6.18 Å². The van der Waals surface area contributed by atoms with E-state index in [4.69, 9.17) is 0 Å². The summed E-state index contributed by atoms with van der Waals surface area (Å²) in [5, 5.41) is -0.210. The molecule has 1 nitrogen and oxygen atoms in total. The number of alkyl halides is 3. The summed E-state index contributed by atoms with van der Waals surface area (Å²) in [7, 11) is 0. The Morgan fingerprint density at radius 1 is 0.941 bits per heavy atom. The highest BCUT2D eigenvalue weighted by Crippen LogP contribution is 2.35. The molecular formula is C12H6F4O. The van der Waals surface area contributed by atoms with E-state index in [1.807, 2.05) is 0 Å². The minimum absolute atomic E-state index is 0.0326. The molecule has 0 amide bonds. The predicted octanol–water partition coefficient (Wildman–Crippen LogP) is 3.97. The molecule has 0 atom stereocenters. The van der Waals surface area contributed by atoms with E-state index < -0.39 is 17.8 Å². The van der Waals surface area contributed by atoms with Gasteiger partial charge in [-0.2, -0.15) is 17.6 Å². The first kappa shape index (κ1) is 11.6. The summed E-state index contributed by atoms with van der Waals surface area (Å²) in [4.78, 5) is 10.7. The lowest BCUT2D eigenvalue weighted by Gasteiger charge is -2.11. The third kappa shape index (κ3) is 2.00. The van der Waals surface area contributed by atoms with Gasteiger partial charge in [0.2, 0.25) is 0 Å². The topological polar surface area (TPSA) is 17.1 Å². The van der Waals surface area contributed by atoms with Crippen LogP contribution >= 0.6 is 0 Å². The molecule has 2 aromatic carbocycles. The third-order valence-corrected chi connectivity index (χ3v) is 2.44. The number of benzene rings is 2. The minimum atomic E-state index is -4.53. The van der Waals surface area contributed by atoms with E-state index in [1.165, 1.54) is 18.2 Å². The Morgan fingerprint density at radius 3 is 2.12 bits per heavy atom. The van der Waals surface area contributed by atoms with Crippen molar-refractivity contribution in [1.29, 1.82) is 0 Å². The van der Waals surface area contributed by atoms with E-state index in [2.05, 4.69) is 0 Å². The molecule has 0 aliphatic heterocycles. The maximum absolute atomic E-state index is 12.7. The molecule has 0 aliphatic carbocycles. The molecule has 0 aromatic heterocycles. The Bertz CT molecular complexity index is 587. The molecule has 0 heterocycles. The molecule has 0 fully saturated rings. The standard InChI is InChI=1S/C12H6F4O/c13-11(17)9-5-1-4-8-7(9)3-2-6-10(8)12(14,15)16/h1-6H. The Morgan fingerprint density at radius 2 is 1.53 bits per heavy atom. The lowest BCUT2D eigenvalue weighted by molar-refractivity contribution is -0.136. The van der Waals surface area contributed by atoms with Gasteiger partial charge in [-0.25, -0.2) is 0 Å². The van der Waals surface area contributed by atoms with Crippen LogP contribution in [0.25, 0.3) is 10.8 Å². The fourth-order valence-corrected chi connectivity index (χ4v) is 1.73. The molecule has 2 rings (SSSR count). The van der Waals surface area contributed by atoms with Gasteiger partial charge in [-0.05, 0) is 22.9 Å². The molecule has 0 bridgehead atoms. The van der Waals surface area contributed by atoms with Crippen molar-refractivity contribution in [3.8, 4) is 0 Å². The van der Waals surface area contributed by atoms with Crippen LogP contribution in [0.1, 0.15) is 15.9 Å². The smallest absolute Gasteiger partial charge is 0.255 e. The van der Waals surface area contributed by atoms with Gasteiger partial charge in [-0.3, -0.25) is 4.79 Å². The molecule has 2 aromatic rings. The van der Waals surface area contributed by atoms with Crippen molar-refractivity contribution in [2.24, 2.45) is 0 Å². The average Bonchev–Trinajstić information content (AvgIpc) is 2.26. The molecule has 0 unspecified atom stereocenters. The maximum Gasteiger partial charge on any atom is 0.417 e. The summed E-state index contributed by atoms with van der Waals surface area (Å²) in [5.74, 6) is 0. The molecular weight excluding hydrogens is 236 g/mol. The Kier molecular flexibility index (Phi) is 2.61. The number of carbonyl (C=O) groups excluding carboxylic acids is 1. The third-order valence-electron chi connectivity index (χ3n) is 2.44. The van der Waals surface area contributed by atoms with Crippen LogP contribution in [-0.4, -0.2) is 6.04 Å². The van der Waals surface area contributed by atoms with Crippen LogP contribution in [0.4, 0.5) is 17.6 Å². The van der Waals surface area contributed by atoms with E-state index >= 15 is 0 Å². The summed E-state index contributed by atoms with van der Waals surface area (Å²) in [5.41, 5.74) is -1.23. The van der Waals surface area contributed by atoms with E-state index in [1.54, 1.807) is 0 Å². The first-order chi connectivity index (χ1) is 7.91. The second kappa shape index (κ2) is 3.84. The summed E-state index contributed by atoms with van der Waals surface area (Å²) in [6, 6.07) is 5.19. The number of fused-ring (bicyclic) bond motifs is 1. The minimum Gasteiger partial charge on any atom is -0.255 e. The molecule has 17 heavy (non-hydrogen) atoms. The number of halogens is 4. The second-order valence-corrected chi connectivity index (χ2v) is 3.48. The summed E-state index contributed by atoms with van der Waals surface area (Å²) >= 11 is 0. The first-order valence-corrected chi connectivity index (χ1v) is 4.70. The van der Waals surface area contributed by atoms with Crippen molar-refractivity contribution < 1.29 is 22.4 Å². The molecule has 0 aliphatic rings. The average molecular weight is 242 g/mol. The van der Waals surface area contributed by atoms with Crippen molar-refractivity contribution in [3.05, 3.63) is 47.5 Å². The van der Waals surface area contributed by atoms with E-state index in [-0.39, 0.29) is 16.3 Å². The zero-order valence-electron chi connectivity index (χ0n) is 8.38. The van der Waals surface area contributed by atoms with Gasteiger partial charge >= 0.3 is 12.2 Å². The van der Waals surface area contributed by atoms with E-state index in [0.717, 1.165) is 18.2 Å². The summed E-state index contributed by atoms with van der Waals surface area (Å²) < 4.78 is 50.7. The Hall–Kier alpha value is -1.91. The molecule has 0 N–H and O–H groups in total. The maximum atomic E-state index is 12.7. The number of hydrogen-bond acceptors (Lipinski definition) is 1. The number of rotatable bonds is 1. The van der Waals surface area contributed by atoms with Crippen LogP contribution in [0.3, 0.4) is 0 Å². The number of carbonyl (C=O) groups is 1. The highest BCUT2D eigenvalue weighted by Gasteiger charge is 2.32. The van der Waals surface area contributed by atoms with Gasteiger partial charge in [-0.1, -0.05) is 24.3 Å².